The molecule has 1 saturated carbocycles. The van der Waals surface area contributed by atoms with Gasteiger partial charge in [-0.3, -0.25) is 0 Å². The molecular weight excluding hydrogens is 316 g/mol. The van der Waals surface area contributed by atoms with E-state index in [2.05, 4.69) is 47.8 Å². The molecule has 1 aliphatic carbocycles. The Balaban J connectivity index is 1.52. The lowest BCUT2D eigenvalue weighted by atomic mass is 9.68. The van der Waals surface area contributed by atoms with Crippen LogP contribution in [0.3, 0.4) is 0 Å². The Morgan fingerprint density at radius 1 is 1.04 bits per heavy atom. The molecule has 0 atom stereocenters. The highest BCUT2D eigenvalue weighted by Gasteiger charge is 2.35. The van der Waals surface area contributed by atoms with Crippen LogP contribution in [0.1, 0.15) is 36.8 Å². The van der Waals surface area contributed by atoms with Gasteiger partial charge in [-0.05, 0) is 61.9 Å². The van der Waals surface area contributed by atoms with Crippen LogP contribution in [0.15, 0.2) is 54.6 Å². The van der Waals surface area contributed by atoms with Crippen LogP contribution < -0.4 is 11.1 Å². The monoisotopic (exact) mass is 342 g/mol. The smallest absolute Gasteiger partial charge is 0.0408 e. The number of nitrogens with two attached hydrogens (primary N) is 1. The van der Waals surface area contributed by atoms with Gasteiger partial charge in [0.1, 0.15) is 0 Å². The summed E-state index contributed by atoms with van der Waals surface area (Å²) < 4.78 is 0. The van der Waals surface area contributed by atoms with Gasteiger partial charge < -0.3 is 11.1 Å². The number of hydrogen-bond donors (Lipinski definition) is 2. The van der Waals surface area contributed by atoms with Crippen LogP contribution in [0, 0.1) is 0 Å². The number of nitrogens with one attached hydrogen (secondary N) is 1. The first kappa shape index (κ1) is 17.5. The largest absolute Gasteiger partial charge is 0.330 e. The summed E-state index contributed by atoms with van der Waals surface area (Å²) in [7, 11) is 0. The summed E-state index contributed by atoms with van der Waals surface area (Å²) in [6, 6.07) is 19.5. The maximum Gasteiger partial charge on any atom is 0.0408 e. The molecule has 1 fully saturated rings. The molecular formula is C21H27ClN2. The molecule has 1 aliphatic rings. The third-order valence-electron chi connectivity index (χ3n) is 5.46. The van der Waals surface area contributed by atoms with Gasteiger partial charge in [-0.15, -0.1) is 0 Å². The van der Waals surface area contributed by atoms with Crippen molar-refractivity contribution < 1.29 is 0 Å². The standard InChI is InChI=1S/C21H27ClN2/c22-19-8-4-7-18(15-19)21(16-23)12-9-20(10-13-21)24-14-11-17-5-2-1-3-6-17/h1-8,15,20,24H,9-14,16,23H2. The van der Waals surface area contributed by atoms with Crippen molar-refractivity contribution in [1.82, 2.24) is 5.32 Å². The molecule has 0 saturated heterocycles. The van der Waals surface area contributed by atoms with Crippen molar-refractivity contribution in [2.75, 3.05) is 13.1 Å². The quantitative estimate of drug-likeness (QED) is 0.820. The predicted molar refractivity (Wildman–Crippen MR) is 103 cm³/mol. The first-order valence-corrected chi connectivity index (χ1v) is 9.33. The molecule has 24 heavy (non-hydrogen) atoms. The second-order valence-corrected chi connectivity index (χ2v) is 7.40. The van der Waals surface area contributed by atoms with Crippen molar-refractivity contribution in [2.24, 2.45) is 5.73 Å². The Morgan fingerprint density at radius 2 is 1.79 bits per heavy atom. The molecule has 0 aliphatic heterocycles. The highest BCUT2D eigenvalue weighted by atomic mass is 35.5. The molecule has 0 bridgehead atoms. The van der Waals surface area contributed by atoms with Crippen LogP contribution >= 0.6 is 11.6 Å². The zero-order chi connectivity index (χ0) is 16.8. The minimum Gasteiger partial charge on any atom is -0.330 e. The van der Waals surface area contributed by atoms with Gasteiger partial charge >= 0.3 is 0 Å². The molecule has 0 unspecified atom stereocenters. The molecule has 0 spiro atoms. The van der Waals surface area contributed by atoms with E-state index in [0.717, 1.165) is 30.8 Å². The molecule has 3 heteroatoms. The summed E-state index contributed by atoms with van der Waals surface area (Å²) in [5.74, 6) is 0. The average molecular weight is 343 g/mol. The fourth-order valence-electron chi connectivity index (χ4n) is 3.87. The lowest BCUT2D eigenvalue weighted by Gasteiger charge is -2.40. The third-order valence-corrected chi connectivity index (χ3v) is 5.70. The van der Waals surface area contributed by atoms with E-state index >= 15 is 0 Å². The second kappa shape index (κ2) is 8.15. The topological polar surface area (TPSA) is 38.0 Å². The van der Waals surface area contributed by atoms with E-state index in [9.17, 15) is 0 Å². The van der Waals surface area contributed by atoms with Crippen molar-refractivity contribution in [2.45, 2.75) is 43.6 Å². The van der Waals surface area contributed by atoms with E-state index in [1.807, 2.05) is 12.1 Å². The molecule has 0 radical (unpaired) electrons. The van der Waals surface area contributed by atoms with Crippen LogP contribution in [0.4, 0.5) is 0 Å². The summed E-state index contributed by atoms with van der Waals surface area (Å²) in [4.78, 5) is 0. The molecule has 128 valence electrons. The van der Waals surface area contributed by atoms with Crippen molar-refractivity contribution in [1.29, 1.82) is 0 Å². The van der Waals surface area contributed by atoms with Crippen molar-refractivity contribution >= 4 is 11.6 Å². The highest BCUT2D eigenvalue weighted by Crippen LogP contribution is 2.39. The van der Waals surface area contributed by atoms with E-state index in [4.69, 9.17) is 17.3 Å². The summed E-state index contributed by atoms with van der Waals surface area (Å²) in [6.07, 6.45) is 5.71. The van der Waals surface area contributed by atoms with Gasteiger partial charge in [0.05, 0.1) is 0 Å². The molecule has 0 aromatic heterocycles. The van der Waals surface area contributed by atoms with E-state index in [1.165, 1.54) is 24.0 Å². The Bertz CT molecular complexity index is 633. The molecule has 0 amide bonds. The predicted octanol–water partition coefficient (Wildman–Crippen LogP) is 4.31. The summed E-state index contributed by atoms with van der Waals surface area (Å²) in [5, 5.41) is 4.54. The lowest BCUT2D eigenvalue weighted by molar-refractivity contribution is 0.252. The fraction of sp³-hybridized carbons (Fsp3) is 0.429. The number of benzene rings is 2. The minimum absolute atomic E-state index is 0.0997. The lowest BCUT2D eigenvalue weighted by Crippen LogP contribution is -2.44. The van der Waals surface area contributed by atoms with E-state index in [1.54, 1.807) is 0 Å². The molecule has 2 nitrogen and oxygen atoms in total. The molecule has 0 heterocycles. The zero-order valence-corrected chi connectivity index (χ0v) is 14.9. The van der Waals surface area contributed by atoms with E-state index in [0.29, 0.717) is 12.6 Å². The minimum atomic E-state index is 0.0997. The van der Waals surface area contributed by atoms with Gasteiger partial charge in [0.25, 0.3) is 0 Å². The fourth-order valence-corrected chi connectivity index (χ4v) is 4.06. The SMILES string of the molecule is NCC1(c2cccc(Cl)c2)CCC(NCCc2ccccc2)CC1. The summed E-state index contributed by atoms with van der Waals surface area (Å²) >= 11 is 6.19. The summed E-state index contributed by atoms with van der Waals surface area (Å²) in [6.45, 7) is 1.74. The molecule has 2 aromatic rings. The number of halogens is 1. The van der Waals surface area contributed by atoms with Crippen LogP contribution in [0.25, 0.3) is 0 Å². The second-order valence-electron chi connectivity index (χ2n) is 6.96. The van der Waals surface area contributed by atoms with Crippen LogP contribution in [-0.2, 0) is 11.8 Å². The summed E-state index contributed by atoms with van der Waals surface area (Å²) in [5.41, 5.74) is 8.98. The number of hydrogen-bond acceptors (Lipinski definition) is 2. The van der Waals surface area contributed by atoms with Crippen molar-refractivity contribution in [3.8, 4) is 0 Å². The zero-order valence-electron chi connectivity index (χ0n) is 14.2. The Labute approximate surface area is 150 Å². The number of rotatable bonds is 6. The first-order chi connectivity index (χ1) is 11.7. The highest BCUT2D eigenvalue weighted by molar-refractivity contribution is 6.30. The van der Waals surface area contributed by atoms with Crippen molar-refractivity contribution in [3.05, 3.63) is 70.7 Å². The van der Waals surface area contributed by atoms with E-state index in [-0.39, 0.29) is 5.41 Å². The third kappa shape index (κ3) is 4.18. The Hall–Kier alpha value is -1.35. The van der Waals surface area contributed by atoms with Gasteiger partial charge in [0.15, 0.2) is 0 Å². The maximum absolute atomic E-state index is 6.19. The first-order valence-electron chi connectivity index (χ1n) is 8.95. The van der Waals surface area contributed by atoms with E-state index < -0.39 is 0 Å². The van der Waals surface area contributed by atoms with Crippen LogP contribution in [-0.4, -0.2) is 19.1 Å². The molecule has 3 N–H and O–H groups in total. The van der Waals surface area contributed by atoms with Gasteiger partial charge in [-0.1, -0.05) is 54.1 Å². The molecule has 3 rings (SSSR count). The van der Waals surface area contributed by atoms with Gasteiger partial charge in [-0.25, -0.2) is 0 Å². The van der Waals surface area contributed by atoms with Gasteiger partial charge in [0, 0.05) is 23.0 Å². The van der Waals surface area contributed by atoms with Gasteiger partial charge in [-0.2, -0.15) is 0 Å². The Kier molecular flexibility index (Phi) is 5.94. The Morgan fingerprint density at radius 3 is 2.46 bits per heavy atom. The van der Waals surface area contributed by atoms with Crippen molar-refractivity contribution in [3.63, 3.8) is 0 Å². The maximum atomic E-state index is 6.19. The average Bonchev–Trinajstić information content (AvgIpc) is 2.63. The van der Waals surface area contributed by atoms with Crippen LogP contribution in [0.5, 0.6) is 0 Å². The van der Waals surface area contributed by atoms with Crippen LogP contribution in [0.2, 0.25) is 5.02 Å². The van der Waals surface area contributed by atoms with Gasteiger partial charge in [0.2, 0.25) is 0 Å². The molecule has 2 aromatic carbocycles. The normalized spacial score (nSPS) is 24.0.